The number of nitrogens with one attached hydrogen (secondary N) is 1. The molecule has 0 aliphatic rings. The highest BCUT2D eigenvalue weighted by atomic mass is 32.1. The topological polar surface area (TPSA) is 93.3 Å². The van der Waals surface area contributed by atoms with Crippen LogP contribution in [-0.2, 0) is 20.1 Å². The lowest BCUT2D eigenvalue weighted by Gasteiger charge is -2.05. The van der Waals surface area contributed by atoms with Gasteiger partial charge in [-0.15, -0.1) is 11.3 Å². The predicted octanol–water partition coefficient (Wildman–Crippen LogP) is 2.36. The van der Waals surface area contributed by atoms with Gasteiger partial charge in [-0.05, 0) is 30.2 Å². The third-order valence-corrected chi connectivity index (χ3v) is 5.52. The summed E-state index contributed by atoms with van der Waals surface area (Å²) in [6, 6.07) is 8.06. The zero-order valence-corrected chi connectivity index (χ0v) is 16.5. The fraction of sp³-hybridized carbons (Fsp3) is 0.250. The van der Waals surface area contributed by atoms with Crippen molar-refractivity contribution in [1.82, 2.24) is 14.5 Å². The normalized spacial score (nSPS) is 11.4. The maximum atomic E-state index is 12.7. The van der Waals surface area contributed by atoms with Crippen LogP contribution in [0.5, 0.6) is 5.75 Å². The van der Waals surface area contributed by atoms with Gasteiger partial charge in [0.2, 0.25) is 0 Å². The molecular weight excluding hydrogens is 378 g/mol. The highest BCUT2D eigenvalue weighted by Crippen LogP contribution is 2.21. The standard InChI is InChI=1S/C20H21N3O4S/c1-3-4-5-10-23-18(26)15-11-16(28-19(15)22(2)20(23)27)17(25)21-12-13-6-8-14(24)9-7-13/h4-9,11,24H,3,10,12H2,1-2H3,(H,21,25)/b5-4+. The van der Waals surface area contributed by atoms with Gasteiger partial charge in [0.15, 0.2) is 0 Å². The zero-order chi connectivity index (χ0) is 20.3. The molecule has 0 saturated carbocycles. The maximum Gasteiger partial charge on any atom is 0.332 e. The second-order valence-electron chi connectivity index (χ2n) is 6.32. The molecule has 0 spiro atoms. The molecule has 2 N–H and O–H groups in total. The van der Waals surface area contributed by atoms with E-state index >= 15 is 0 Å². The summed E-state index contributed by atoms with van der Waals surface area (Å²) in [7, 11) is 1.60. The van der Waals surface area contributed by atoms with E-state index in [9.17, 15) is 19.5 Å². The van der Waals surface area contributed by atoms with E-state index in [0.29, 0.717) is 21.6 Å². The van der Waals surface area contributed by atoms with E-state index in [-0.39, 0.29) is 18.2 Å². The number of hydrogen-bond donors (Lipinski definition) is 2. The number of hydrogen-bond acceptors (Lipinski definition) is 5. The van der Waals surface area contributed by atoms with Crippen LogP contribution in [-0.4, -0.2) is 20.1 Å². The molecule has 8 heteroatoms. The number of aromatic hydroxyl groups is 1. The van der Waals surface area contributed by atoms with Gasteiger partial charge in [-0.3, -0.25) is 18.7 Å². The Morgan fingerprint density at radius 2 is 1.93 bits per heavy atom. The van der Waals surface area contributed by atoms with Gasteiger partial charge in [0.1, 0.15) is 10.6 Å². The van der Waals surface area contributed by atoms with Crippen LogP contribution in [0.1, 0.15) is 28.6 Å². The molecule has 0 atom stereocenters. The smallest absolute Gasteiger partial charge is 0.332 e. The molecule has 146 valence electrons. The molecule has 2 heterocycles. The van der Waals surface area contributed by atoms with Crippen molar-refractivity contribution in [3.8, 4) is 5.75 Å². The molecule has 3 aromatic rings. The summed E-state index contributed by atoms with van der Waals surface area (Å²) >= 11 is 1.11. The number of nitrogens with zero attached hydrogens (tertiary/aromatic N) is 2. The number of phenols is 1. The van der Waals surface area contributed by atoms with Crippen molar-refractivity contribution >= 4 is 27.5 Å². The first-order chi connectivity index (χ1) is 13.4. The van der Waals surface area contributed by atoms with Crippen molar-refractivity contribution in [3.05, 3.63) is 73.8 Å². The number of benzene rings is 1. The highest BCUT2D eigenvalue weighted by Gasteiger charge is 2.17. The number of allylic oxidation sites excluding steroid dienone is 2. The molecular formula is C20H21N3O4S. The van der Waals surface area contributed by atoms with Gasteiger partial charge in [-0.2, -0.15) is 0 Å². The van der Waals surface area contributed by atoms with Crippen LogP contribution < -0.4 is 16.6 Å². The van der Waals surface area contributed by atoms with Crippen molar-refractivity contribution < 1.29 is 9.90 Å². The number of carbonyl (C=O) groups is 1. The number of fused-ring (bicyclic) bond motifs is 1. The summed E-state index contributed by atoms with van der Waals surface area (Å²) < 4.78 is 2.57. The molecule has 7 nitrogen and oxygen atoms in total. The molecule has 0 unspecified atom stereocenters. The van der Waals surface area contributed by atoms with Gasteiger partial charge in [0.05, 0.1) is 10.3 Å². The van der Waals surface area contributed by atoms with Gasteiger partial charge in [-0.1, -0.05) is 31.2 Å². The van der Waals surface area contributed by atoms with Crippen molar-refractivity contribution in [1.29, 1.82) is 0 Å². The lowest BCUT2D eigenvalue weighted by Crippen LogP contribution is -2.38. The summed E-state index contributed by atoms with van der Waals surface area (Å²) in [6.45, 7) is 2.47. The monoisotopic (exact) mass is 399 g/mol. The molecule has 1 amide bonds. The number of amides is 1. The minimum Gasteiger partial charge on any atom is -0.508 e. The number of rotatable bonds is 6. The van der Waals surface area contributed by atoms with E-state index in [2.05, 4.69) is 5.32 Å². The fourth-order valence-electron chi connectivity index (χ4n) is 2.79. The molecule has 0 fully saturated rings. The Kier molecular flexibility index (Phi) is 5.79. The number of aryl methyl sites for hydroxylation is 1. The molecule has 0 radical (unpaired) electrons. The predicted molar refractivity (Wildman–Crippen MR) is 110 cm³/mol. The minimum absolute atomic E-state index is 0.158. The van der Waals surface area contributed by atoms with Crippen molar-refractivity contribution in [3.63, 3.8) is 0 Å². The van der Waals surface area contributed by atoms with E-state index in [0.717, 1.165) is 23.3 Å². The molecule has 0 bridgehead atoms. The van der Waals surface area contributed by atoms with Crippen LogP contribution in [0.2, 0.25) is 0 Å². The number of thiophene rings is 1. The summed E-state index contributed by atoms with van der Waals surface area (Å²) in [5.41, 5.74) is 0.0357. The highest BCUT2D eigenvalue weighted by molar-refractivity contribution is 7.20. The number of phenolic OH excluding ortho intramolecular Hbond substituents is 1. The Balaban J connectivity index is 1.89. The molecule has 0 saturated heterocycles. The number of aromatic nitrogens is 2. The molecule has 28 heavy (non-hydrogen) atoms. The molecule has 0 aliphatic carbocycles. The minimum atomic E-state index is -0.406. The summed E-state index contributed by atoms with van der Waals surface area (Å²) in [5.74, 6) is -0.163. The van der Waals surface area contributed by atoms with E-state index < -0.39 is 11.2 Å². The molecule has 3 rings (SSSR count). The molecule has 0 aliphatic heterocycles. The fourth-order valence-corrected chi connectivity index (χ4v) is 3.81. The largest absolute Gasteiger partial charge is 0.508 e. The van der Waals surface area contributed by atoms with Crippen LogP contribution in [0.15, 0.2) is 52.1 Å². The molecule has 2 aromatic heterocycles. The second-order valence-corrected chi connectivity index (χ2v) is 7.35. The summed E-state index contributed by atoms with van der Waals surface area (Å²) in [5, 5.41) is 12.4. The quantitative estimate of drug-likeness (QED) is 0.623. The first-order valence-corrected chi connectivity index (χ1v) is 9.68. The van der Waals surface area contributed by atoms with Crippen LogP contribution in [0.3, 0.4) is 0 Å². The third-order valence-electron chi connectivity index (χ3n) is 4.31. The summed E-state index contributed by atoms with van der Waals surface area (Å²) in [4.78, 5) is 38.5. The first kappa shape index (κ1) is 19.6. The van der Waals surface area contributed by atoms with Crippen LogP contribution in [0.4, 0.5) is 0 Å². The third kappa shape index (κ3) is 3.91. The first-order valence-electron chi connectivity index (χ1n) is 8.86. The lowest BCUT2D eigenvalue weighted by atomic mass is 10.2. The van der Waals surface area contributed by atoms with Gasteiger partial charge >= 0.3 is 5.69 Å². The van der Waals surface area contributed by atoms with Gasteiger partial charge in [0.25, 0.3) is 11.5 Å². The van der Waals surface area contributed by atoms with E-state index in [1.165, 1.54) is 15.2 Å². The van der Waals surface area contributed by atoms with E-state index in [4.69, 9.17) is 0 Å². The van der Waals surface area contributed by atoms with E-state index in [1.54, 1.807) is 37.4 Å². The Labute approximate surface area is 165 Å². The Bertz CT molecular complexity index is 1150. The van der Waals surface area contributed by atoms with Gasteiger partial charge < -0.3 is 10.4 Å². The zero-order valence-electron chi connectivity index (χ0n) is 15.6. The van der Waals surface area contributed by atoms with Crippen LogP contribution in [0.25, 0.3) is 10.2 Å². The summed E-state index contributed by atoms with van der Waals surface area (Å²) in [6.07, 6.45) is 4.50. The molecule has 1 aromatic carbocycles. The van der Waals surface area contributed by atoms with Crippen LogP contribution >= 0.6 is 11.3 Å². The van der Waals surface area contributed by atoms with Crippen molar-refractivity contribution in [2.24, 2.45) is 7.05 Å². The number of carbonyl (C=O) groups excluding carboxylic acids is 1. The van der Waals surface area contributed by atoms with Gasteiger partial charge in [-0.25, -0.2) is 4.79 Å². The lowest BCUT2D eigenvalue weighted by molar-refractivity contribution is 0.0955. The van der Waals surface area contributed by atoms with Crippen molar-refractivity contribution in [2.45, 2.75) is 26.4 Å². The average Bonchev–Trinajstić information content (AvgIpc) is 3.14. The van der Waals surface area contributed by atoms with Crippen molar-refractivity contribution in [2.75, 3.05) is 0 Å². The SMILES string of the molecule is CC/C=C/Cn1c(=O)c2cc(C(=O)NCc3ccc(O)cc3)sc2n(C)c1=O. The average molecular weight is 399 g/mol. The Morgan fingerprint density at radius 3 is 2.61 bits per heavy atom. The Hall–Kier alpha value is -3.13. The van der Waals surface area contributed by atoms with Crippen LogP contribution in [0, 0.1) is 0 Å². The van der Waals surface area contributed by atoms with Gasteiger partial charge in [0, 0.05) is 20.1 Å². The maximum absolute atomic E-state index is 12.7. The second kappa shape index (κ2) is 8.26. The van der Waals surface area contributed by atoms with E-state index in [1.807, 2.05) is 13.0 Å². The Morgan fingerprint density at radius 1 is 1.21 bits per heavy atom.